The molecule has 0 fully saturated rings. The van der Waals surface area contributed by atoms with Gasteiger partial charge in [-0.25, -0.2) is 0 Å². The van der Waals surface area contributed by atoms with Crippen LogP contribution >= 0.6 is 11.3 Å². The molecule has 0 amide bonds. The SMILES string of the molecule is CCCNCCc1nnc(-c2cccc3cccnc23)s1. The summed E-state index contributed by atoms with van der Waals surface area (Å²) in [5.41, 5.74) is 2.06. The summed E-state index contributed by atoms with van der Waals surface area (Å²) in [4.78, 5) is 4.48. The molecule has 0 saturated carbocycles. The summed E-state index contributed by atoms with van der Waals surface area (Å²) in [6.45, 7) is 4.18. The maximum Gasteiger partial charge on any atom is 0.150 e. The van der Waals surface area contributed by atoms with Crippen LogP contribution in [0.4, 0.5) is 0 Å². The van der Waals surface area contributed by atoms with Crippen LogP contribution in [0.25, 0.3) is 21.5 Å². The van der Waals surface area contributed by atoms with E-state index >= 15 is 0 Å². The fraction of sp³-hybridized carbons (Fsp3) is 0.312. The summed E-state index contributed by atoms with van der Waals surface area (Å²) in [5.74, 6) is 0. The van der Waals surface area contributed by atoms with Gasteiger partial charge in [0, 0.05) is 30.1 Å². The number of pyridine rings is 1. The molecule has 0 aliphatic carbocycles. The van der Waals surface area contributed by atoms with Gasteiger partial charge in [0.2, 0.25) is 0 Å². The van der Waals surface area contributed by atoms with E-state index in [0.29, 0.717) is 0 Å². The lowest BCUT2D eigenvalue weighted by Crippen LogP contribution is -2.17. The zero-order valence-corrected chi connectivity index (χ0v) is 12.9. The zero-order valence-electron chi connectivity index (χ0n) is 12.0. The predicted octanol–water partition coefficient (Wildman–Crippen LogP) is 3.30. The molecule has 3 aromatic rings. The summed E-state index contributed by atoms with van der Waals surface area (Å²) < 4.78 is 0. The van der Waals surface area contributed by atoms with Crippen LogP contribution in [-0.4, -0.2) is 28.3 Å². The lowest BCUT2D eigenvalue weighted by molar-refractivity contribution is 0.668. The van der Waals surface area contributed by atoms with Crippen molar-refractivity contribution in [1.29, 1.82) is 0 Å². The maximum absolute atomic E-state index is 4.48. The average Bonchev–Trinajstić information content (AvgIpc) is 3.00. The average molecular weight is 298 g/mol. The van der Waals surface area contributed by atoms with Crippen LogP contribution in [0.5, 0.6) is 0 Å². The molecule has 0 bridgehead atoms. The van der Waals surface area contributed by atoms with E-state index in [9.17, 15) is 0 Å². The minimum Gasteiger partial charge on any atom is -0.316 e. The summed E-state index contributed by atoms with van der Waals surface area (Å²) >= 11 is 1.66. The molecule has 2 heterocycles. The lowest BCUT2D eigenvalue weighted by Gasteiger charge is -2.01. The van der Waals surface area contributed by atoms with E-state index in [2.05, 4.69) is 45.6 Å². The van der Waals surface area contributed by atoms with Crippen LogP contribution in [-0.2, 0) is 6.42 Å². The van der Waals surface area contributed by atoms with Crippen LogP contribution in [0.1, 0.15) is 18.4 Å². The van der Waals surface area contributed by atoms with Gasteiger partial charge >= 0.3 is 0 Å². The number of hydrogen-bond acceptors (Lipinski definition) is 5. The van der Waals surface area contributed by atoms with Crippen LogP contribution in [0.2, 0.25) is 0 Å². The van der Waals surface area contributed by atoms with Gasteiger partial charge in [-0.05, 0) is 25.1 Å². The van der Waals surface area contributed by atoms with Crippen LogP contribution < -0.4 is 5.32 Å². The Bertz CT molecular complexity index is 718. The van der Waals surface area contributed by atoms with Gasteiger partial charge in [0.1, 0.15) is 10.0 Å². The molecule has 0 spiro atoms. The first kappa shape index (κ1) is 14.1. The van der Waals surface area contributed by atoms with Gasteiger partial charge in [0.25, 0.3) is 0 Å². The van der Waals surface area contributed by atoms with Crippen molar-refractivity contribution in [2.75, 3.05) is 13.1 Å². The fourth-order valence-corrected chi connectivity index (χ4v) is 3.10. The molecule has 0 atom stereocenters. The first-order valence-electron chi connectivity index (χ1n) is 7.25. The van der Waals surface area contributed by atoms with Crippen molar-refractivity contribution in [3.63, 3.8) is 0 Å². The van der Waals surface area contributed by atoms with Gasteiger partial charge in [-0.2, -0.15) is 0 Å². The van der Waals surface area contributed by atoms with Gasteiger partial charge in [-0.1, -0.05) is 36.5 Å². The van der Waals surface area contributed by atoms with Gasteiger partial charge < -0.3 is 5.32 Å². The molecule has 21 heavy (non-hydrogen) atoms. The van der Waals surface area contributed by atoms with Crippen molar-refractivity contribution in [1.82, 2.24) is 20.5 Å². The Hall–Kier alpha value is -1.85. The molecule has 1 aromatic carbocycles. The molecule has 3 rings (SSSR count). The molecular formula is C16H18N4S. The summed E-state index contributed by atoms with van der Waals surface area (Å²) in [5, 5.41) is 15.2. The smallest absolute Gasteiger partial charge is 0.150 e. The highest BCUT2D eigenvalue weighted by Crippen LogP contribution is 2.29. The molecule has 2 aromatic heterocycles. The van der Waals surface area contributed by atoms with E-state index in [-0.39, 0.29) is 0 Å². The monoisotopic (exact) mass is 298 g/mol. The van der Waals surface area contributed by atoms with E-state index < -0.39 is 0 Å². The Morgan fingerprint density at radius 1 is 1.10 bits per heavy atom. The summed E-state index contributed by atoms with van der Waals surface area (Å²) in [7, 11) is 0. The topological polar surface area (TPSA) is 50.7 Å². The van der Waals surface area contributed by atoms with E-state index in [1.165, 1.54) is 0 Å². The highest BCUT2D eigenvalue weighted by Gasteiger charge is 2.10. The van der Waals surface area contributed by atoms with Gasteiger partial charge in [-0.15, -0.1) is 10.2 Å². The molecule has 0 radical (unpaired) electrons. The minimum absolute atomic E-state index is 0.926. The van der Waals surface area contributed by atoms with Crippen molar-refractivity contribution in [2.45, 2.75) is 19.8 Å². The standard InChI is InChI=1S/C16H18N4S/c1-2-9-17-11-8-14-19-20-16(21-14)13-7-3-5-12-6-4-10-18-15(12)13/h3-7,10,17H,2,8-9,11H2,1H3. The largest absolute Gasteiger partial charge is 0.316 e. The Morgan fingerprint density at radius 3 is 2.90 bits per heavy atom. The van der Waals surface area contributed by atoms with E-state index in [1.54, 1.807) is 11.3 Å². The molecule has 108 valence electrons. The normalized spacial score (nSPS) is 11.1. The van der Waals surface area contributed by atoms with Crippen molar-refractivity contribution in [3.05, 3.63) is 41.5 Å². The van der Waals surface area contributed by atoms with Crippen LogP contribution in [0, 0.1) is 0 Å². The number of hydrogen-bond donors (Lipinski definition) is 1. The third kappa shape index (κ3) is 3.25. The number of aromatic nitrogens is 3. The third-order valence-electron chi connectivity index (χ3n) is 3.27. The van der Waals surface area contributed by atoms with Crippen molar-refractivity contribution in [3.8, 4) is 10.6 Å². The van der Waals surface area contributed by atoms with Gasteiger partial charge in [-0.3, -0.25) is 4.98 Å². The highest BCUT2D eigenvalue weighted by atomic mass is 32.1. The Labute approximate surface area is 128 Å². The van der Waals surface area contributed by atoms with Crippen LogP contribution in [0.3, 0.4) is 0 Å². The summed E-state index contributed by atoms with van der Waals surface area (Å²) in [6.07, 6.45) is 3.90. The number of fused-ring (bicyclic) bond motifs is 1. The van der Waals surface area contributed by atoms with E-state index in [4.69, 9.17) is 0 Å². The Balaban J connectivity index is 1.81. The molecule has 0 unspecified atom stereocenters. The molecule has 0 aliphatic heterocycles. The number of para-hydroxylation sites is 1. The minimum atomic E-state index is 0.926. The highest BCUT2D eigenvalue weighted by molar-refractivity contribution is 7.14. The Kier molecular flexibility index (Phi) is 4.52. The number of nitrogens with zero attached hydrogens (tertiary/aromatic N) is 3. The third-order valence-corrected chi connectivity index (χ3v) is 4.29. The van der Waals surface area contributed by atoms with Crippen LogP contribution in [0.15, 0.2) is 36.5 Å². The van der Waals surface area contributed by atoms with E-state index in [0.717, 1.165) is 52.4 Å². The first-order valence-corrected chi connectivity index (χ1v) is 8.07. The Morgan fingerprint density at radius 2 is 2.00 bits per heavy atom. The van der Waals surface area contributed by atoms with Gasteiger partial charge in [0.05, 0.1) is 5.52 Å². The summed E-state index contributed by atoms with van der Waals surface area (Å²) in [6, 6.07) is 10.2. The molecule has 0 aliphatic rings. The zero-order chi connectivity index (χ0) is 14.5. The molecule has 1 N–H and O–H groups in total. The second kappa shape index (κ2) is 6.74. The maximum atomic E-state index is 4.48. The van der Waals surface area contributed by atoms with Gasteiger partial charge in [0.15, 0.2) is 0 Å². The molecule has 0 saturated heterocycles. The molecule has 5 heteroatoms. The first-order chi connectivity index (χ1) is 10.4. The second-order valence-electron chi connectivity index (χ2n) is 4.88. The van der Waals surface area contributed by atoms with Crippen molar-refractivity contribution >= 4 is 22.2 Å². The van der Waals surface area contributed by atoms with E-state index in [1.807, 2.05) is 18.3 Å². The number of nitrogens with one attached hydrogen (secondary N) is 1. The quantitative estimate of drug-likeness (QED) is 0.709. The second-order valence-corrected chi connectivity index (χ2v) is 5.94. The molecular weight excluding hydrogens is 280 g/mol. The molecule has 4 nitrogen and oxygen atoms in total. The number of benzene rings is 1. The van der Waals surface area contributed by atoms with Crippen molar-refractivity contribution < 1.29 is 0 Å². The van der Waals surface area contributed by atoms with Crippen molar-refractivity contribution in [2.24, 2.45) is 0 Å². The fourth-order valence-electron chi connectivity index (χ4n) is 2.24. The number of rotatable bonds is 6. The predicted molar refractivity (Wildman–Crippen MR) is 87.5 cm³/mol. The lowest BCUT2D eigenvalue weighted by atomic mass is 10.1.